The van der Waals surface area contributed by atoms with Gasteiger partial charge in [-0.15, -0.1) is 0 Å². The van der Waals surface area contributed by atoms with Crippen molar-refractivity contribution in [3.05, 3.63) is 0 Å². The molecule has 0 aromatic rings. The fourth-order valence-corrected chi connectivity index (χ4v) is 0.698. The fraction of sp³-hybridized carbons (Fsp3) is 0.857. The van der Waals surface area contributed by atoms with E-state index in [4.69, 9.17) is 5.11 Å². The zero-order chi connectivity index (χ0) is 11.4. The van der Waals surface area contributed by atoms with Crippen LogP contribution >= 0.6 is 0 Å². The SMILES string of the molecule is COCC(=O)N(C)CC(O)C(F)(F)F. The Balaban J connectivity index is 4.06. The van der Waals surface area contributed by atoms with E-state index in [1.54, 1.807) is 0 Å². The van der Waals surface area contributed by atoms with Crippen LogP contribution in [0.4, 0.5) is 13.2 Å². The van der Waals surface area contributed by atoms with Crippen molar-refractivity contribution < 1.29 is 27.8 Å². The van der Waals surface area contributed by atoms with Gasteiger partial charge in [0.1, 0.15) is 6.61 Å². The van der Waals surface area contributed by atoms with Gasteiger partial charge in [-0.1, -0.05) is 0 Å². The van der Waals surface area contributed by atoms with Gasteiger partial charge in [-0.2, -0.15) is 13.2 Å². The Morgan fingerprint density at radius 3 is 2.43 bits per heavy atom. The van der Waals surface area contributed by atoms with E-state index in [1.807, 2.05) is 0 Å². The number of hydrogen-bond acceptors (Lipinski definition) is 3. The van der Waals surface area contributed by atoms with Crippen LogP contribution in [0.5, 0.6) is 0 Å². The number of amides is 1. The van der Waals surface area contributed by atoms with Crippen molar-refractivity contribution in [2.75, 3.05) is 27.3 Å². The smallest absolute Gasteiger partial charge is 0.382 e. The quantitative estimate of drug-likeness (QED) is 0.719. The Morgan fingerprint density at radius 1 is 1.57 bits per heavy atom. The molecule has 0 saturated carbocycles. The molecule has 0 heterocycles. The lowest BCUT2D eigenvalue weighted by molar-refractivity contribution is -0.207. The molecule has 4 nitrogen and oxygen atoms in total. The lowest BCUT2D eigenvalue weighted by Crippen LogP contribution is -2.42. The van der Waals surface area contributed by atoms with E-state index in [9.17, 15) is 18.0 Å². The number of likely N-dealkylation sites (N-methyl/N-ethyl adjacent to an activating group) is 1. The molecular formula is C7H12F3NO3. The standard InChI is InChI=1S/C7H12F3NO3/c1-11(6(13)4-14-2)3-5(12)7(8,9)10/h5,12H,3-4H2,1-2H3. The van der Waals surface area contributed by atoms with Gasteiger partial charge in [-0.3, -0.25) is 4.79 Å². The summed E-state index contributed by atoms with van der Waals surface area (Å²) < 4.78 is 40.0. The number of nitrogens with zero attached hydrogens (tertiary/aromatic N) is 1. The molecule has 0 spiro atoms. The lowest BCUT2D eigenvalue weighted by atomic mass is 10.3. The number of aliphatic hydroxyl groups is 1. The number of aliphatic hydroxyl groups excluding tert-OH is 1. The first-order chi connectivity index (χ1) is 6.29. The molecule has 0 aromatic carbocycles. The van der Waals surface area contributed by atoms with Gasteiger partial charge in [0.05, 0.1) is 6.54 Å². The molecule has 1 atom stereocenters. The average molecular weight is 215 g/mol. The molecule has 0 fully saturated rings. The van der Waals surface area contributed by atoms with Crippen molar-refractivity contribution in [2.24, 2.45) is 0 Å². The number of ether oxygens (including phenoxy) is 1. The molecule has 0 aromatic heterocycles. The minimum absolute atomic E-state index is 0.304. The summed E-state index contributed by atoms with van der Waals surface area (Å²) >= 11 is 0. The van der Waals surface area contributed by atoms with Crippen LogP contribution in [0, 0.1) is 0 Å². The second-order valence-corrected chi connectivity index (χ2v) is 2.76. The minimum Gasteiger partial charge on any atom is -0.382 e. The molecule has 0 aliphatic rings. The molecule has 7 heteroatoms. The molecule has 0 aliphatic carbocycles. The zero-order valence-corrected chi connectivity index (χ0v) is 7.84. The Hall–Kier alpha value is -0.820. The first-order valence-corrected chi connectivity index (χ1v) is 3.76. The Bertz CT molecular complexity index is 195. The van der Waals surface area contributed by atoms with Crippen molar-refractivity contribution in [1.82, 2.24) is 4.90 Å². The molecule has 1 N–H and O–H groups in total. The van der Waals surface area contributed by atoms with Gasteiger partial charge in [0.25, 0.3) is 0 Å². The summed E-state index contributed by atoms with van der Waals surface area (Å²) in [5.41, 5.74) is 0. The van der Waals surface area contributed by atoms with Gasteiger partial charge < -0.3 is 14.7 Å². The maximum absolute atomic E-state index is 11.8. The topological polar surface area (TPSA) is 49.8 Å². The fourth-order valence-electron chi connectivity index (χ4n) is 0.698. The third kappa shape index (κ3) is 4.43. The van der Waals surface area contributed by atoms with Crippen LogP contribution < -0.4 is 0 Å². The van der Waals surface area contributed by atoms with Gasteiger partial charge in [0.15, 0.2) is 6.10 Å². The van der Waals surface area contributed by atoms with Crippen molar-refractivity contribution in [1.29, 1.82) is 0 Å². The predicted molar refractivity (Wildman–Crippen MR) is 41.6 cm³/mol. The summed E-state index contributed by atoms with van der Waals surface area (Å²) in [5, 5.41) is 8.61. The van der Waals surface area contributed by atoms with Crippen LogP contribution in [0.1, 0.15) is 0 Å². The minimum atomic E-state index is -4.71. The zero-order valence-electron chi connectivity index (χ0n) is 7.84. The van der Waals surface area contributed by atoms with Crippen LogP contribution in [0.25, 0.3) is 0 Å². The van der Waals surface area contributed by atoms with Crippen molar-refractivity contribution in [3.63, 3.8) is 0 Å². The predicted octanol–water partition coefficient (Wildman–Crippen LogP) is 0.0144. The Kier molecular flexibility index (Phi) is 4.86. The van der Waals surface area contributed by atoms with E-state index in [2.05, 4.69) is 4.74 Å². The van der Waals surface area contributed by atoms with Gasteiger partial charge in [0, 0.05) is 14.2 Å². The van der Waals surface area contributed by atoms with Gasteiger partial charge in [0.2, 0.25) is 5.91 Å². The lowest BCUT2D eigenvalue weighted by Gasteiger charge is -2.22. The van der Waals surface area contributed by atoms with E-state index in [0.29, 0.717) is 0 Å². The number of carbonyl (C=O) groups excluding carboxylic acids is 1. The monoisotopic (exact) mass is 215 g/mol. The van der Waals surface area contributed by atoms with Gasteiger partial charge >= 0.3 is 6.18 Å². The first kappa shape index (κ1) is 13.2. The van der Waals surface area contributed by atoms with Crippen molar-refractivity contribution >= 4 is 5.91 Å². The highest BCUT2D eigenvalue weighted by molar-refractivity contribution is 5.77. The molecule has 84 valence electrons. The average Bonchev–Trinajstić information content (AvgIpc) is 2.02. The molecule has 14 heavy (non-hydrogen) atoms. The van der Waals surface area contributed by atoms with Crippen LogP contribution in [-0.4, -0.2) is 55.5 Å². The summed E-state index contributed by atoms with van der Waals surface area (Å²) in [4.78, 5) is 11.7. The summed E-state index contributed by atoms with van der Waals surface area (Å²) in [5.74, 6) is -0.615. The second kappa shape index (κ2) is 5.16. The highest BCUT2D eigenvalue weighted by Gasteiger charge is 2.39. The summed E-state index contributed by atoms with van der Waals surface area (Å²) in [6, 6.07) is 0. The third-order valence-corrected chi connectivity index (χ3v) is 1.52. The second-order valence-electron chi connectivity index (χ2n) is 2.76. The van der Waals surface area contributed by atoms with Crippen molar-refractivity contribution in [3.8, 4) is 0 Å². The van der Waals surface area contributed by atoms with Crippen LogP contribution in [0.3, 0.4) is 0 Å². The van der Waals surface area contributed by atoms with Gasteiger partial charge in [-0.05, 0) is 0 Å². The number of hydrogen-bond donors (Lipinski definition) is 1. The molecule has 0 aliphatic heterocycles. The first-order valence-electron chi connectivity index (χ1n) is 3.76. The number of carbonyl (C=O) groups is 1. The third-order valence-electron chi connectivity index (χ3n) is 1.52. The molecule has 1 unspecified atom stereocenters. The Labute approximate surface area is 79.3 Å². The summed E-state index contributed by atoms with van der Waals surface area (Å²) in [6.07, 6.45) is -7.23. The molecule has 0 radical (unpaired) electrons. The number of halogens is 3. The van der Waals surface area contributed by atoms with E-state index in [1.165, 1.54) is 7.11 Å². The normalized spacial score (nSPS) is 13.9. The van der Waals surface area contributed by atoms with Crippen LogP contribution in [0.15, 0.2) is 0 Å². The van der Waals surface area contributed by atoms with Gasteiger partial charge in [-0.25, -0.2) is 0 Å². The maximum atomic E-state index is 11.8. The maximum Gasteiger partial charge on any atom is 0.416 e. The van der Waals surface area contributed by atoms with E-state index < -0.39 is 24.7 Å². The largest absolute Gasteiger partial charge is 0.416 e. The number of rotatable bonds is 4. The molecule has 0 rings (SSSR count). The molecule has 1 amide bonds. The molecule has 0 saturated heterocycles. The van der Waals surface area contributed by atoms with E-state index >= 15 is 0 Å². The number of methoxy groups -OCH3 is 1. The Morgan fingerprint density at radius 2 is 2.07 bits per heavy atom. The number of alkyl halides is 3. The van der Waals surface area contributed by atoms with Crippen LogP contribution in [0.2, 0.25) is 0 Å². The van der Waals surface area contributed by atoms with Crippen LogP contribution in [-0.2, 0) is 9.53 Å². The van der Waals surface area contributed by atoms with Crippen molar-refractivity contribution in [2.45, 2.75) is 12.3 Å². The summed E-state index contributed by atoms with van der Waals surface area (Å²) in [7, 11) is 2.42. The van der Waals surface area contributed by atoms with E-state index in [-0.39, 0.29) is 6.61 Å². The van der Waals surface area contributed by atoms with E-state index in [0.717, 1.165) is 11.9 Å². The highest BCUT2D eigenvalue weighted by atomic mass is 19.4. The summed E-state index contributed by atoms with van der Waals surface area (Å²) in [6.45, 7) is -1.09. The highest BCUT2D eigenvalue weighted by Crippen LogP contribution is 2.20. The molecular weight excluding hydrogens is 203 g/mol. The molecule has 0 bridgehead atoms.